The first-order valence-electron chi connectivity index (χ1n) is 7.47. The summed E-state index contributed by atoms with van der Waals surface area (Å²) in [5, 5.41) is 18.4. The molecule has 0 spiro atoms. The third kappa shape index (κ3) is 4.06. The number of methoxy groups -OCH3 is 1. The summed E-state index contributed by atoms with van der Waals surface area (Å²) in [6.45, 7) is 0. The van der Waals surface area contributed by atoms with Gasteiger partial charge in [0.1, 0.15) is 5.75 Å². The molecule has 0 N–H and O–H groups in total. The van der Waals surface area contributed by atoms with E-state index in [0.717, 1.165) is 11.8 Å². The van der Waals surface area contributed by atoms with Gasteiger partial charge in [0, 0.05) is 30.3 Å². The maximum Gasteiger partial charge on any atom is 0.284 e. The molecule has 0 bridgehead atoms. The van der Waals surface area contributed by atoms with Crippen LogP contribution in [0.25, 0.3) is 11.5 Å². The number of non-ortho nitro benzene ring substituents is 1. The lowest BCUT2D eigenvalue weighted by atomic mass is 10.1. The molecular formula is C17H13N3O5S. The first kappa shape index (κ1) is 17.6. The van der Waals surface area contributed by atoms with Gasteiger partial charge in [-0.3, -0.25) is 14.9 Å². The van der Waals surface area contributed by atoms with Crippen molar-refractivity contribution in [1.82, 2.24) is 10.2 Å². The van der Waals surface area contributed by atoms with Crippen molar-refractivity contribution in [1.29, 1.82) is 0 Å². The summed E-state index contributed by atoms with van der Waals surface area (Å²) >= 11 is 0.824. The molecular weight excluding hydrogens is 358 g/mol. The molecule has 0 aliphatic carbocycles. The molecule has 0 aliphatic heterocycles. The van der Waals surface area contributed by atoms with Crippen molar-refractivity contribution in [2.24, 2.45) is 0 Å². The summed E-state index contributed by atoms with van der Waals surface area (Å²) in [6.07, 6.45) is 0.0923. The highest BCUT2D eigenvalue weighted by molar-refractivity contribution is 8.13. The number of nitrogens with zero attached hydrogens (tertiary/aromatic N) is 3. The summed E-state index contributed by atoms with van der Waals surface area (Å²) in [6, 6.07) is 13.0. The van der Waals surface area contributed by atoms with Gasteiger partial charge in [-0.2, -0.15) is 0 Å². The molecule has 0 aliphatic rings. The van der Waals surface area contributed by atoms with Crippen LogP contribution in [0.3, 0.4) is 0 Å². The second-order valence-corrected chi connectivity index (χ2v) is 6.16. The van der Waals surface area contributed by atoms with Crippen LogP contribution in [0.5, 0.6) is 5.75 Å². The van der Waals surface area contributed by atoms with E-state index in [1.807, 2.05) is 12.1 Å². The molecule has 26 heavy (non-hydrogen) atoms. The molecule has 0 saturated heterocycles. The van der Waals surface area contributed by atoms with Crippen LogP contribution in [0.2, 0.25) is 0 Å². The van der Waals surface area contributed by atoms with Gasteiger partial charge in [0.15, 0.2) is 0 Å². The Labute approximate surface area is 152 Å². The number of aromatic nitrogens is 2. The Morgan fingerprint density at radius 2 is 1.92 bits per heavy atom. The lowest BCUT2D eigenvalue weighted by molar-refractivity contribution is -0.384. The monoisotopic (exact) mass is 371 g/mol. The number of hydrogen-bond acceptors (Lipinski definition) is 8. The SMILES string of the molecule is COc1ccccc1-c1nnc(SC(=O)Cc2ccc([N+](=O)[O-])cc2)o1. The van der Waals surface area contributed by atoms with Crippen LogP contribution in [0.4, 0.5) is 5.69 Å². The van der Waals surface area contributed by atoms with E-state index in [0.29, 0.717) is 16.9 Å². The first-order valence-corrected chi connectivity index (χ1v) is 8.29. The van der Waals surface area contributed by atoms with E-state index in [1.54, 1.807) is 31.4 Å². The molecule has 3 aromatic rings. The molecule has 9 heteroatoms. The zero-order valence-corrected chi connectivity index (χ0v) is 14.4. The van der Waals surface area contributed by atoms with Gasteiger partial charge in [-0.15, -0.1) is 10.2 Å². The Balaban J connectivity index is 1.67. The van der Waals surface area contributed by atoms with Crippen molar-refractivity contribution in [3.63, 3.8) is 0 Å². The molecule has 1 heterocycles. The predicted octanol–water partition coefficient (Wildman–Crippen LogP) is 3.51. The number of rotatable bonds is 6. The second kappa shape index (κ2) is 7.79. The summed E-state index contributed by atoms with van der Waals surface area (Å²) in [5.74, 6) is 0.845. The Morgan fingerprint density at radius 1 is 1.19 bits per heavy atom. The van der Waals surface area contributed by atoms with Crippen LogP contribution >= 0.6 is 11.8 Å². The standard InChI is InChI=1S/C17H13N3O5S/c1-24-14-5-3-2-4-13(14)16-18-19-17(25-16)26-15(21)10-11-6-8-12(9-7-11)20(22)23/h2-9H,10H2,1H3. The lowest BCUT2D eigenvalue weighted by Gasteiger charge is -2.03. The summed E-state index contributed by atoms with van der Waals surface area (Å²) < 4.78 is 10.8. The fraction of sp³-hybridized carbons (Fsp3) is 0.118. The van der Waals surface area contributed by atoms with Crippen molar-refractivity contribution in [2.75, 3.05) is 7.11 Å². The van der Waals surface area contributed by atoms with Crippen molar-refractivity contribution in [2.45, 2.75) is 11.6 Å². The maximum atomic E-state index is 12.1. The smallest absolute Gasteiger partial charge is 0.284 e. The summed E-state index contributed by atoms with van der Waals surface area (Å²) in [4.78, 5) is 22.3. The third-order valence-corrected chi connectivity index (χ3v) is 4.15. The van der Waals surface area contributed by atoms with Crippen molar-refractivity contribution >= 4 is 22.6 Å². The van der Waals surface area contributed by atoms with E-state index < -0.39 is 4.92 Å². The van der Waals surface area contributed by atoms with Crippen LogP contribution < -0.4 is 4.74 Å². The molecule has 1 aromatic heterocycles. The molecule has 0 saturated carbocycles. The van der Waals surface area contributed by atoms with Crippen LogP contribution in [0.15, 0.2) is 58.2 Å². The van der Waals surface area contributed by atoms with Gasteiger partial charge < -0.3 is 9.15 Å². The van der Waals surface area contributed by atoms with Crippen LogP contribution in [-0.4, -0.2) is 27.3 Å². The number of benzene rings is 2. The van der Waals surface area contributed by atoms with Crippen molar-refractivity contribution in [3.8, 4) is 17.2 Å². The number of nitro groups is 1. The molecule has 132 valence electrons. The van der Waals surface area contributed by atoms with Gasteiger partial charge in [0.05, 0.1) is 17.6 Å². The Kier molecular flexibility index (Phi) is 5.28. The molecule has 8 nitrogen and oxygen atoms in total. The lowest BCUT2D eigenvalue weighted by Crippen LogP contribution is -1.98. The van der Waals surface area contributed by atoms with Crippen LogP contribution in [0.1, 0.15) is 5.56 Å². The molecule has 0 fully saturated rings. The number of ether oxygens (including phenoxy) is 1. The number of nitro benzene ring substituents is 1. The van der Waals surface area contributed by atoms with Crippen molar-refractivity contribution in [3.05, 3.63) is 64.2 Å². The minimum atomic E-state index is -0.488. The number of carbonyl (C=O) groups is 1. The molecule has 0 radical (unpaired) electrons. The van der Waals surface area contributed by atoms with Gasteiger partial charge >= 0.3 is 0 Å². The Morgan fingerprint density at radius 3 is 2.62 bits per heavy atom. The van der Waals surface area contributed by atoms with E-state index >= 15 is 0 Å². The fourth-order valence-electron chi connectivity index (χ4n) is 2.22. The summed E-state index contributed by atoms with van der Waals surface area (Å²) in [5.41, 5.74) is 1.28. The maximum absolute atomic E-state index is 12.1. The average Bonchev–Trinajstić information content (AvgIpc) is 3.10. The van der Waals surface area contributed by atoms with Crippen molar-refractivity contribution < 1.29 is 18.9 Å². The Bertz CT molecular complexity index is 940. The third-order valence-electron chi connectivity index (χ3n) is 3.44. The molecule has 0 amide bonds. The highest BCUT2D eigenvalue weighted by atomic mass is 32.2. The van der Waals surface area contributed by atoms with Gasteiger partial charge in [-0.25, -0.2) is 0 Å². The predicted molar refractivity (Wildman–Crippen MR) is 94.0 cm³/mol. The second-order valence-electron chi connectivity index (χ2n) is 5.15. The fourth-order valence-corrected chi connectivity index (χ4v) is 2.85. The van der Waals surface area contributed by atoms with E-state index in [1.165, 1.54) is 12.1 Å². The van der Waals surface area contributed by atoms with Crippen LogP contribution in [0, 0.1) is 10.1 Å². The largest absolute Gasteiger partial charge is 0.496 e. The zero-order chi connectivity index (χ0) is 18.5. The van der Waals surface area contributed by atoms with Gasteiger partial charge in [-0.05, 0) is 17.7 Å². The van der Waals surface area contributed by atoms with Gasteiger partial charge in [0.2, 0.25) is 5.12 Å². The first-order chi connectivity index (χ1) is 12.6. The zero-order valence-electron chi connectivity index (χ0n) is 13.6. The number of para-hydroxylation sites is 1. The topological polar surface area (TPSA) is 108 Å². The van der Waals surface area contributed by atoms with E-state index in [9.17, 15) is 14.9 Å². The molecule has 3 rings (SSSR count). The van der Waals surface area contributed by atoms with E-state index in [-0.39, 0.29) is 28.3 Å². The average molecular weight is 371 g/mol. The molecule has 0 unspecified atom stereocenters. The summed E-state index contributed by atoms with van der Waals surface area (Å²) in [7, 11) is 1.54. The molecule has 0 atom stereocenters. The minimum Gasteiger partial charge on any atom is -0.496 e. The quantitative estimate of drug-likeness (QED) is 0.368. The van der Waals surface area contributed by atoms with Crippen LogP contribution in [-0.2, 0) is 11.2 Å². The number of carbonyl (C=O) groups excluding carboxylic acids is 1. The number of hydrogen-bond donors (Lipinski definition) is 0. The minimum absolute atomic E-state index is 0.0211. The normalized spacial score (nSPS) is 10.5. The van der Waals surface area contributed by atoms with E-state index in [4.69, 9.17) is 9.15 Å². The Hall–Kier alpha value is -3.20. The van der Waals surface area contributed by atoms with Gasteiger partial charge in [0.25, 0.3) is 16.8 Å². The highest BCUT2D eigenvalue weighted by Crippen LogP contribution is 2.30. The van der Waals surface area contributed by atoms with E-state index in [2.05, 4.69) is 10.2 Å². The van der Waals surface area contributed by atoms with Gasteiger partial charge in [-0.1, -0.05) is 24.3 Å². The molecule has 2 aromatic carbocycles. The number of thioether (sulfide) groups is 1. The highest BCUT2D eigenvalue weighted by Gasteiger charge is 2.16.